The zero-order valence-corrected chi connectivity index (χ0v) is 14.0. The van der Waals surface area contributed by atoms with Gasteiger partial charge in [-0.3, -0.25) is 13.9 Å². The average Bonchev–Trinajstić information content (AvgIpc) is 3.07. The van der Waals surface area contributed by atoms with Gasteiger partial charge in [0, 0.05) is 57.7 Å². The van der Waals surface area contributed by atoms with Crippen molar-refractivity contribution in [2.24, 2.45) is 14.1 Å². The smallest absolute Gasteiger partial charge is 0.330 e. The Kier molecular flexibility index (Phi) is 4.75. The van der Waals surface area contributed by atoms with Gasteiger partial charge in [0.2, 0.25) is 0 Å². The summed E-state index contributed by atoms with van der Waals surface area (Å²) in [7, 11) is 3.17. The molecule has 2 aromatic rings. The maximum atomic E-state index is 11.9. The number of nitrogens with one attached hydrogen (secondary N) is 1. The molecule has 0 saturated carbocycles. The molecule has 1 saturated heterocycles. The second-order valence-corrected chi connectivity index (χ2v) is 6.08. The van der Waals surface area contributed by atoms with Crippen molar-refractivity contribution in [1.82, 2.24) is 24.6 Å². The maximum absolute atomic E-state index is 11.9. The molecule has 3 heterocycles. The van der Waals surface area contributed by atoms with Crippen LogP contribution in [0.15, 0.2) is 34.0 Å². The van der Waals surface area contributed by atoms with E-state index < -0.39 is 0 Å². The third-order valence-electron chi connectivity index (χ3n) is 4.54. The van der Waals surface area contributed by atoms with Crippen LogP contribution in [0.4, 0.5) is 5.82 Å². The lowest BCUT2D eigenvalue weighted by Gasteiger charge is -2.25. The first kappa shape index (κ1) is 16.4. The average molecular weight is 330 g/mol. The molecule has 1 aliphatic heterocycles. The lowest BCUT2D eigenvalue weighted by molar-refractivity contribution is 0.546. The number of anilines is 1. The fourth-order valence-electron chi connectivity index (χ4n) is 3.11. The zero-order chi connectivity index (χ0) is 17.1. The first-order valence-corrected chi connectivity index (χ1v) is 8.09. The standard InChI is InChI=1S/C16H22N6O2/c1-20-13(9-15(23)21(2)16(20)24)11-17-10-12-5-4-8-22(12)14-6-3-7-18-19-14/h3,6-7,9,12,17H,4-5,8,10-11H2,1-2H3/t12-/m1/s1. The number of hydrogen-bond acceptors (Lipinski definition) is 6. The van der Waals surface area contributed by atoms with Crippen molar-refractivity contribution in [3.63, 3.8) is 0 Å². The van der Waals surface area contributed by atoms with Crippen LogP contribution in [-0.2, 0) is 20.6 Å². The van der Waals surface area contributed by atoms with Crippen LogP contribution in [0.25, 0.3) is 0 Å². The highest BCUT2D eigenvalue weighted by Gasteiger charge is 2.25. The SMILES string of the molecule is Cn1c(CNC[C@H]2CCCN2c2cccnn2)cc(=O)n(C)c1=O. The zero-order valence-electron chi connectivity index (χ0n) is 14.0. The van der Waals surface area contributed by atoms with Crippen LogP contribution in [0.2, 0.25) is 0 Å². The molecule has 0 aromatic carbocycles. The molecular weight excluding hydrogens is 308 g/mol. The predicted molar refractivity (Wildman–Crippen MR) is 91.0 cm³/mol. The molecule has 8 heteroatoms. The van der Waals surface area contributed by atoms with Gasteiger partial charge in [0.05, 0.1) is 0 Å². The molecule has 0 aliphatic carbocycles. The highest BCUT2D eigenvalue weighted by atomic mass is 16.2. The van der Waals surface area contributed by atoms with Gasteiger partial charge in [0.25, 0.3) is 5.56 Å². The minimum Gasteiger partial charge on any atom is -0.351 e. The molecular formula is C16H22N6O2. The third-order valence-corrected chi connectivity index (χ3v) is 4.54. The summed E-state index contributed by atoms with van der Waals surface area (Å²) in [6.07, 6.45) is 3.87. The molecule has 0 amide bonds. The van der Waals surface area contributed by atoms with E-state index in [0.29, 0.717) is 18.3 Å². The van der Waals surface area contributed by atoms with Crippen molar-refractivity contribution in [3.05, 3.63) is 50.9 Å². The van der Waals surface area contributed by atoms with Crippen molar-refractivity contribution in [3.8, 4) is 0 Å². The number of aromatic nitrogens is 4. The van der Waals surface area contributed by atoms with E-state index >= 15 is 0 Å². The van der Waals surface area contributed by atoms with Crippen molar-refractivity contribution < 1.29 is 0 Å². The van der Waals surface area contributed by atoms with Crippen LogP contribution < -0.4 is 21.5 Å². The van der Waals surface area contributed by atoms with Gasteiger partial charge in [-0.15, -0.1) is 5.10 Å². The van der Waals surface area contributed by atoms with E-state index in [1.54, 1.807) is 13.2 Å². The van der Waals surface area contributed by atoms with E-state index in [0.717, 1.165) is 36.3 Å². The molecule has 0 spiro atoms. The Morgan fingerprint density at radius 2 is 2.12 bits per heavy atom. The summed E-state index contributed by atoms with van der Waals surface area (Å²) in [5.41, 5.74) is 0.102. The van der Waals surface area contributed by atoms with Crippen LogP contribution in [0.1, 0.15) is 18.5 Å². The molecule has 0 radical (unpaired) electrons. The molecule has 0 bridgehead atoms. The number of rotatable bonds is 5. The summed E-state index contributed by atoms with van der Waals surface area (Å²) >= 11 is 0. The molecule has 1 atom stereocenters. The molecule has 8 nitrogen and oxygen atoms in total. The van der Waals surface area contributed by atoms with E-state index in [-0.39, 0.29) is 11.2 Å². The van der Waals surface area contributed by atoms with Gasteiger partial charge in [0.15, 0.2) is 5.82 Å². The van der Waals surface area contributed by atoms with Gasteiger partial charge in [0.1, 0.15) is 0 Å². The molecule has 24 heavy (non-hydrogen) atoms. The normalized spacial score (nSPS) is 17.4. The summed E-state index contributed by atoms with van der Waals surface area (Å²) in [6, 6.07) is 5.70. The molecule has 1 N–H and O–H groups in total. The van der Waals surface area contributed by atoms with Gasteiger partial charge < -0.3 is 10.2 Å². The summed E-state index contributed by atoms with van der Waals surface area (Å²) in [5.74, 6) is 0.891. The molecule has 1 aliphatic rings. The fraction of sp³-hybridized carbons (Fsp3) is 0.500. The van der Waals surface area contributed by atoms with Crippen LogP contribution in [0.3, 0.4) is 0 Å². The maximum Gasteiger partial charge on any atom is 0.330 e. The molecule has 1 fully saturated rings. The van der Waals surface area contributed by atoms with E-state index in [2.05, 4.69) is 20.4 Å². The Hall–Kier alpha value is -2.48. The van der Waals surface area contributed by atoms with Crippen molar-refractivity contribution >= 4 is 5.82 Å². The summed E-state index contributed by atoms with van der Waals surface area (Å²) in [6.45, 7) is 2.21. The molecule has 128 valence electrons. The predicted octanol–water partition coefficient (Wildman–Crippen LogP) is -0.367. The minimum absolute atomic E-state index is 0.281. The Morgan fingerprint density at radius 1 is 1.29 bits per heavy atom. The third kappa shape index (κ3) is 3.23. The fourth-order valence-corrected chi connectivity index (χ4v) is 3.11. The topological polar surface area (TPSA) is 85.1 Å². The summed E-state index contributed by atoms with van der Waals surface area (Å²) in [5, 5.41) is 11.5. The first-order chi connectivity index (χ1) is 11.6. The van der Waals surface area contributed by atoms with Gasteiger partial charge >= 0.3 is 5.69 Å². The second kappa shape index (κ2) is 6.96. The van der Waals surface area contributed by atoms with Gasteiger partial charge in [-0.1, -0.05) is 0 Å². The van der Waals surface area contributed by atoms with Crippen molar-refractivity contribution in [1.29, 1.82) is 0 Å². The number of hydrogen-bond donors (Lipinski definition) is 1. The Bertz CT molecular complexity index is 814. The Balaban J connectivity index is 1.65. The Labute approximate surface area is 139 Å². The van der Waals surface area contributed by atoms with Gasteiger partial charge in [-0.2, -0.15) is 5.10 Å². The van der Waals surface area contributed by atoms with Crippen LogP contribution in [0, 0.1) is 0 Å². The quantitative estimate of drug-likeness (QED) is 0.805. The van der Waals surface area contributed by atoms with Crippen LogP contribution in [0.5, 0.6) is 0 Å². The largest absolute Gasteiger partial charge is 0.351 e. The highest BCUT2D eigenvalue weighted by Crippen LogP contribution is 2.22. The lowest BCUT2D eigenvalue weighted by Crippen LogP contribution is -2.41. The monoisotopic (exact) mass is 330 g/mol. The van der Waals surface area contributed by atoms with Crippen molar-refractivity contribution in [2.45, 2.75) is 25.4 Å². The van der Waals surface area contributed by atoms with Gasteiger partial charge in [-0.05, 0) is 25.0 Å². The van der Waals surface area contributed by atoms with E-state index in [1.807, 2.05) is 12.1 Å². The minimum atomic E-state index is -0.304. The second-order valence-electron chi connectivity index (χ2n) is 6.08. The van der Waals surface area contributed by atoms with E-state index in [4.69, 9.17) is 0 Å². The molecule has 0 unspecified atom stereocenters. The van der Waals surface area contributed by atoms with E-state index in [1.165, 1.54) is 17.7 Å². The van der Waals surface area contributed by atoms with Crippen LogP contribution in [-0.4, -0.2) is 38.5 Å². The highest BCUT2D eigenvalue weighted by molar-refractivity contribution is 5.39. The van der Waals surface area contributed by atoms with Crippen LogP contribution >= 0.6 is 0 Å². The van der Waals surface area contributed by atoms with Crippen molar-refractivity contribution in [2.75, 3.05) is 18.0 Å². The lowest BCUT2D eigenvalue weighted by atomic mass is 10.2. The molecule has 3 rings (SSSR count). The van der Waals surface area contributed by atoms with Gasteiger partial charge in [-0.25, -0.2) is 4.79 Å². The summed E-state index contributed by atoms with van der Waals surface area (Å²) < 4.78 is 2.61. The number of nitrogens with zero attached hydrogens (tertiary/aromatic N) is 5. The molecule has 2 aromatic heterocycles. The summed E-state index contributed by atoms with van der Waals surface area (Å²) in [4.78, 5) is 26.0. The van der Waals surface area contributed by atoms with E-state index in [9.17, 15) is 9.59 Å². The Morgan fingerprint density at radius 3 is 2.88 bits per heavy atom. The first-order valence-electron chi connectivity index (χ1n) is 8.09.